The molecule has 128 valence electrons. The van der Waals surface area contributed by atoms with E-state index in [4.69, 9.17) is 16.3 Å². The molecule has 0 aliphatic heterocycles. The standard InChI is InChI=1S/C18H17ClN4O2/c1-2-25-16-4-3-13(9-15(16)19)17-14(11-22-23-17)18(24)21-10-12-5-7-20-8-6-12/h3-9,11H,2,10H2,1H3,(H,21,24)(H,22,23). The molecule has 2 aromatic heterocycles. The lowest BCUT2D eigenvalue weighted by molar-refractivity contribution is 0.0951. The number of aromatic amines is 1. The van der Waals surface area contributed by atoms with Crippen LogP contribution in [0.25, 0.3) is 11.3 Å². The first-order valence-electron chi connectivity index (χ1n) is 7.82. The van der Waals surface area contributed by atoms with E-state index < -0.39 is 0 Å². The lowest BCUT2D eigenvalue weighted by Crippen LogP contribution is -2.22. The molecule has 6 nitrogen and oxygen atoms in total. The highest BCUT2D eigenvalue weighted by molar-refractivity contribution is 6.32. The summed E-state index contributed by atoms with van der Waals surface area (Å²) >= 11 is 6.23. The van der Waals surface area contributed by atoms with E-state index in [0.717, 1.165) is 11.1 Å². The second-order valence-corrected chi connectivity index (χ2v) is 5.68. The molecule has 0 unspecified atom stereocenters. The molecule has 2 heterocycles. The number of carbonyl (C=O) groups excluding carboxylic acids is 1. The summed E-state index contributed by atoms with van der Waals surface area (Å²) in [5.74, 6) is 0.390. The van der Waals surface area contributed by atoms with Gasteiger partial charge >= 0.3 is 0 Å². The Balaban J connectivity index is 1.78. The van der Waals surface area contributed by atoms with E-state index in [9.17, 15) is 4.79 Å². The van der Waals surface area contributed by atoms with Gasteiger partial charge in [0, 0.05) is 24.5 Å². The Kier molecular flexibility index (Phi) is 5.30. The van der Waals surface area contributed by atoms with Crippen molar-refractivity contribution in [3.8, 4) is 17.0 Å². The molecular formula is C18H17ClN4O2. The number of halogens is 1. The number of nitrogens with zero attached hydrogens (tertiary/aromatic N) is 2. The average molecular weight is 357 g/mol. The van der Waals surface area contributed by atoms with Crippen LogP contribution < -0.4 is 10.1 Å². The van der Waals surface area contributed by atoms with E-state index >= 15 is 0 Å². The molecule has 1 aromatic carbocycles. The van der Waals surface area contributed by atoms with Gasteiger partial charge in [0.05, 0.1) is 29.1 Å². The van der Waals surface area contributed by atoms with Gasteiger partial charge in [0.2, 0.25) is 0 Å². The van der Waals surface area contributed by atoms with Gasteiger partial charge in [0.1, 0.15) is 5.75 Å². The van der Waals surface area contributed by atoms with Crippen molar-refractivity contribution < 1.29 is 9.53 Å². The molecule has 0 aliphatic carbocycles. The largest absolute Gasteiger partial charge is 0.492 e. The maximum atomic E-state index is 12.5. The fourth-order valence-corrected chi connectivity index (χ4v) is 2.62. The lowest BCUT2D eigenvalue weighted by Gasteiger charge is -2.09. The molecule has 0 atom stereocenters. The molecule has 0 fully saturated rings. The highest BCUT2D eigenvalue weighted by Gasteiger charge is 2.16. The minimum atomic E-state index is -0.217. The minimum Gasteiger partial charge on any atom is -0.492 e. The van der Waals surface area contributed by atoms with Crippen LogP contribution in [0.5, 0.6) is 5.75 Å². The number of amides is 1. The van der Waals surface area contributed by atoms with E-state index in [-0.39, 0.29) is 5.91 Å². The molecule has 2 N–H and O–H groups in total. The summed E-state index contributed by atoms with van der Waals surface area (Å²) in [4.78, 5) is 16.4. The number of aromatic nitrogens is 3. The van der Waals surface area contributed by atoms with E-state index in [2.05, 4.69) is 20.5 Å². The molecule has 1 amide bonds. The zero-order valence-electron chi connectivity index (χ0n) is 13.6. The van der Waals surface area contributed by atoms with E-state index in [1.165, 1.54) is 6.20 Å². The third-order valence-corrected chi connectivity index (χ3v) is 3.90. The Labute approximate surface area is 150 Å². The van der Waals surface area contributed by atoms with Gasteiger partial charge in [0.15, 0.2) is 0 Å². The van der Waals surface area contributed by atoms with Gasteiger partial charge in [-0.15, -0.1) is 0 Å². The SMILES string of the molecule is CCOc1ccc(-c2[nH]ncc2C(=O)NCc2ccncc2)cc1Cl. The van der Waals surface area contributed by atoms with E-state index in [1.807, 2.05) is 25.1 Å². The summed E-state index contributed by atoms with van der Waals surface area (Å²) in [7, 11) is 0. The summed E-state index contributed by atoms with van der Waals surface area (Å²) < 4.78 is 5.43. The Morgan fingerprint density at radius 2 is 2.08 bits per heavy atom. The van der Waals surface area contributed by atoms with Gasteiger partial charge in [-0.3, -0.25) is 14.9 Å². The number of hydrogen-bond donors (Lipinski definition) is 2. The average Bonchev–Trinajstić information content (AvgIpc) is 3.12. The maximum Gasteiger partial charge on any atom is 0.255 e. The van der Waals surface area contributed by atoms with Crippen LogP contribution in [0.1, 0.15) is 22.8 Å². The highest BCUT2D eigenvalue weighted by atomic mass is 35.5. The van der Waals surface area contributed by atoms with Gasteiger partial charge in [0.25, 0.3) is 5.91 Å². The Bertz CT molecular complexity index is 865. The number of hydrogen-bond acceptors (Lipinski definition) is 4. The van der Waals surface area contributed by atoms with Gasteiger partial charge in [-0.25, -0.2) is 0 Å². The third kappa shape index (κ3) is 3.97. The second-order valence-electron chi connectivity index (χ2n) is 5.28. The topological polar surface area (TPSA) is 79.9 Å². The molecular weight excluding hydrogens is 340 g/mol. The normalized spacial score (nSPS) is 10.5. The predicted octanol–water partition coefficient (Wildman–Crippen LogP) is 3.45. The van der Waals surface area contributed by atoms with Crippen molar-refractivity contribution in [1.29, 1.82) is 0 Å². The summed E-state index contributed by atoms with van der Waals surface area (Å²) in [6.45, 7) is 2.84. The Morgan fingerprint density at radius 1 is 1.28 bits per heavy atom. The van der Waals surface area contributed by atoms with Crippen molar-refractivity contribution in [2.45, 2.75) is 13.5 Å². The van der Waals surface area contributed by atoms with Crippen molar-refractivity contribution in [2.75, 3.05) is 6.61 Å². The van der Waals surface area contributed by atoms with Crippen LogP contribution in [-0.2, 0) is 6.54 Å². The van der Waals surface area contributed by atoms with Crippen LogP contribution in [0.2, 0.25) is 5.02 Å². The molecule has 0 bridgehead atoms. The maximum absolute atomic E-state index is 12.5. The summed E-state index contributed by atoms with van der Waals surface area (Å²) in [6, 6.07) is 9.07. The quantitative estimate of drug-likeness (QED) is 0.709. The van der Waals surface area contributed by atoms with Crippen molar-refractivity contribution in [2.24, 2.45) is 0 Å². The first-order chi connectivity index (χ1) is 12.2. The Morgan fingerprint density at radius 3 is 2.80 bits per heavy atom. The number of ether oxygens (including phenoxy) is 1. The van der Waals surface area contributed by atoms with Gasteiger partial charge < -0.3 is 10.1 Å². The van der Waals surface area contributed by atoms with Crippen molar-refractivity contribution in [3.05, 3.63) is 65.1 Å². The molecule has 3 rings (SSSR count). The number of nitrogens with one attached hydrogen (secondary N) is 2. The molecule has 0 saturated heterocycles. The molecule has 0 radical (unpaired) electrons. The van der Waals surface area contributed by atoms with Crippen LogP contribution in [0.4, 0.5) is 0 Å². The number of H-pyrrole nitrogens is 1. The molecule has 0 spiro atoms. The number of pyridine rings is 1. The minimum absolute atomic E-state index is 0.217. The second kappa shape index (κ2) is 7.81. The molecule has 25 heavy (non-hydrogen) atoms. The van der Waals surface area contributed by atoms with Crippen molar-refractivity contribution in [3.63, 3.8) is 0 Å². The van der Waals surface area contributed by atoms with E-state index in [0.29, 0.717) is 35.2 Å². The zero-order chi connectivity index (χ0) is 17.6. The van der Waals surface area contributed by atoms with E-state index in [1.54, 1.807) is 24.5 Å². The number of rotatable bonds is 6. The summed E-state index contributed by atoms with van der Waals surface area (Å²) in [6.07, 6.45) is 4.88. The predicted molar refractivity (Wildman–Crippen MR) is 95.6 cm³/mol. The van der Waals surface area contributed by atoms with Gasteiger partial charge in [-0.1, -0.05) is 11.6 Å². The van der Waals surface area contributed by atoms with Crippen LogP contribution in [0.3, 0.4) is 0 Å². The number of carbonyl (C=O) groups is 1. The lowest BCUT2D eigenvalue weighted by atomic mass is 10.1. The van der Waals surface area contributed by atoms with Crippen molar-refractivity contribution in [1.82, 2.24) is 20.5 Å². The summed E-state index contributed by atoms with van der Waals surface area (Å²) in [5, 5.41) is 10.2. The molecule has 7 heteroatoms. The number of benzene rings is 1. The zero-order valence-corrected chi connectivity index (χ0v) is 14.4. The molecule has 0 saturated carbocycles. The van der Waals surface area contributed by atoms with Crippen LogP contribution >= 0.6 is 11.6 Å². The summed E-state index contributed by atoms with van der Waals surface area (Å²) in [5.41, 5.74) is 2.80. The van der Waals surface area contributed by atoms with Gasteiger partial charge in [-0.2, -0.15) is 5.10 Å². The fourth-order valence-electron chi connectivity index (χ4n) is 2.39. The molecule has 0 aliphatic rings. The smallest absolute Gasteiger partial charge is 0.255 e. The first-order valence-corrected chi connectivity index (χ1v) is 8.20. The fraction of sp³-hybridized carbons (Fsp3) is 0.167. The van der Waals surface area contributed by atoms with Crippen LogP contribution in [0.15, 0.2) is 48.9 Å². The first kappa shape index (κ1) is 17.0. The molecule has 3 aromatic rings. The van der Waals surface area contributed by atoms with Crippen LogP contribution in [0, 0.1) is 0 Å². The highest BCUT2D eigenvalue weighted by Crippen LogP contribution is 2.31. The Hall–Kier alpha value is -2.86. The van der Waals surface area contributed by atoms with Crippen molar-refractivity contribution >= 4 is 17.5 Å². The van der Waals surface area contributed by atoms with Crippen LogP contribution in [-0.4, -0.2) is 27.7 Å². The van der Waals surface area contributed by atoms with Gasteiger partial charge in [-0.05, 0) is 42.8 Å². The monoisotopic (exact) mass is 356 g/mol. The third-order valence-electron chi connectivity index (χ3n) is 3.61.